The first-order valence-corrected chi connectivity index (χ1v) is 9.49. The molecule has 0 bridgehead atoms. The van der Waals surface area contributed by atoms with Crippen molar-refractivity contribution in [2.75, 3.05) is 0 Å². The molecule has 0 fully saturated rings. The van der Waals surface area contributed by atoms with Crippen molar-refractivity contribution in [2.24, 2.45) is 5.92 Å². The van der Waals surface area contributed by atoms with Crippen molar-refractivity contribution in [1.82, 2.24) is 19.9 Å². The highest BCUT2D eigenvalue weighted by Crippen LogP contribution is 2.22. The van der Waals surface area contributed by atoms with E-state index in [0.717, 1.165) is 27.8 Å². The van der Waals surface area contributed by atoms with Crippen LogP contribution in [0, 0.1) is 11.7 Å². The van der Waals surface area contributed by atoms with Crippen LogP contribution in [0.15, 0.2) is 54.7 Å². The highest BCUT2D eigenvalue weighted by molar-refractivity contribution is 5.81. The number of aromatic nitrogens is 3. The first kappa shape index (κ1) is 18.2. The van der Waals surface area contributed by atoms with Gasteiger partial charge in [0.2, 0.25) is 5.91 Å². The molecule has 144 valence electrons. The van der Waals surface area contributed by atoms with E-state index in [9.17, 15) is 9.18 Å². The number of halogens is 1. The number of hydrogen-bond acceptors (Lipinski definition) is 2. The first-order valence-electron chi connectivity index (χ1n) is 9.49. The molecule has 6 heteroatoms. The summed E-state index contributed by atoms with van der Waals surface area (Å²) in [5, 5.41) is 4.06. The third kappa shape index (κ3) is 3.63. The molecule has 0 radical (unpaired) electrons. The number of H-pyrrole nitrogens is 1. The summed E-state index contributed by atoms with van der Waals surface area (Å²) in [4.78, 5) is 20.5. The number of nitrogens with zero attached hydrogens (tertiary/aromatic N) is 2. The smallest absolute Gasteiger partial charge is 0.222 e. The molecule has 4 rings (SSSR count). The molecule has 0 unspecified atom stereocenters. The van der Waals surface area contributed by atoms with Crippen LogP contribution in [0.25, 0.3) is 21.9 Å². The van der Waals surface area contributed by atoms with Gasteiger partial charge >= 0.3 is 0 Å². The van der Waals surface area contributed by atoms with Gasteiger partial charge in [-0.25, -0.2) is 9.37 Å². The number of fused-ring (bicyclic) bond motifs is 2. The number of para-hydroxylation sites is 2. The van der Waals surface area contributed by atoms with E-state index in [1.54, 1.807) is 6.07 Å². The summed E-state index contributed by atoms with van der Waals surface area (Å²) in [6.45, 7) is 4.60. The normalized spacial score (nSPS) is 12.7. The van der Waals surface area contributed by atoms with Crippen LogP contribution in [0.1, 0.15) is 32.1 Å². The lowest BCUT2D eigenvalue weighted by atomic mass is 10.0. The Balaban J connectivity index is 1.46. The van der Waals surface area contributed by atoms with Gasteiger partial charge in [0.05, 0.1) is 22.6 Å². The highest BCUT2D eigenvalue weighted by Gasteiger charge is 2.21. The molecular weight excluding hydrogens is 355 g/mol. The van der Waals surface area contributed by atoms with Crippen LogP contribution in [-0.2, 0) is 11.3 Å². The average Bonchev–Trinajstić information content (AvgIpc) is 3.27. The van der Waals surface area contributed by atoms with E-state index in [1.807, 2.05) is 41.1 Å². The third-order valence-corrected chi connectivity index (χ3v) is 5.00. The molecule has 1 atom stereocenters. The minimum Gasteiger partial charge on any atom is -0.347 e. The largest absolute Gasteiger partial charge is 0.347 e. The van der Waals surface area contributed by atoms with Gasteiger partial charge in [0.1, 0.15) is 11.6 Å². The molecule has 0 aliphatic carbocycles. The zero-order valence-corrected chi connectivity index (χ0v) is 15.9. The molecule has 2 N–H and O–H groups in total. The fraction of sp³-hybridized carbons (Fsp3) is 0.273. The van der Waals surface area contributed by atoms with E-state index in [4.69, 9.17) is 0 Å². The zero-order valence-electron chi connectivity index (χ0n) is 15.9. The Morgan fingerprint density at radius 2 is 2.04 bits per heavy atom. The summed E-state index contributed by atoms with van der Waals surface area (Å²) in [6.07, 6.45) is 2.19. The minimum atomic E-state index is -0.276. The van der Waals surface area contributed by atoms with E-state index in [-0.39, 0.29) is 23.7 Å². The van der Waals surface area contributed by atoms with Crippen molar-refractivity contribution in [1.29, 1.82) is 0 Å². The van der Waals surface area contributed by atoms with Gasteiger partial charge in [0, 0.05) is 19.2 Å². The number of benzene rings is 2. The van der Waals surface area contributed by atoms with Crippen molar-refractivity contribution >= 4 is 27.8 Å². The van der Waals surface area contributed by atoms with Crippen LogP contribution in [0.2, 0.25) is 0 Å². The maximum absolute atomic E-state index is 13.5. The second-order valence-electron chi connectivity index (χ2n) is 7.39. The van der Waals surface area contributed by atoms with Gasteiger partial charge in [0.25, 0.3) is 0 Å². The lowest BCUT2D eigenvalue weighted by Crippen LogP contribution is -2.33. The van der Waals surface area contributed by atoms with E-state index >= 15 is 0 Å². The van der Waals surface area contributed by atoms with Gasteiger partial charge in [-0.1, -0.05) is 26.0 Å². The maximum Gasteiger partial charge on any atom is 0.222 e. The SMILES string of the molecule is CC(C)[C@H](NC(=O)CCn1ccc2ccc(F)cc21)c1nc2ccccc2[nH]1. The van der Waals surface area contributed by atoms with E-state index in [1.165, 1.54) is 12.1 Å². The van der Waals surface area contributed by atoms with Gasteiger partial charge in [-0.3, -0.25) is 4.79 Å². The Kier molecular flexibility index (Phi) is 4.86. The monoisotopic (exact) mass is 378 g/mol. The molecule has 0 aliphatic rings. The predicted molar refractivity (Wildman–Crippen MR) is 108 cm³/mol. The molecule has 2 aromatic heterocycles. The Morgan fingerprint density at radius 3 is 2.82 bits per heavy atom. The number of carbonyl (C=O) groups is 1. The summed E-state index contributed by atoms with van der Waals surface area (Å²) in [7, 11) is 0. The van der Waals surface area contributed by atoms with Gasteiger partial charge in [-0.15, -0.1) is 0 Å². The predicted octanol–water partition coefficient (Wildman–Crippen LogP) is 4.56. The Labute approximate surface area is 162 Å². The molecule has 0 aliphatic heterocycles. The van der Waals surface area contributed by atoms with Crippen LogP contribution in [-0.4, -0.2) is 20.4 Å². The Bertz CT molecular complexity index is 1090. The van der Waals surface area contributed by atoms with E-state index < -0.39 is 0 Å². The van der Waals surface area contributed by atoms with E-state index in [2.05, 4.69) is 29.1 Å². The van der Waals surface area contributed by atoms with Gasteiger partial charge in [0.15, 0.2) is 0 Å². The van der Waals surface area contributed by atoms with Crippen LogP contribution < -0.4 is 5.32 Å². The quantitative estimate of drug-likeness (QED) is 0.517. The molecule has 2 aromatic carbocycles. The van der Waals surface area contributed by atoms with Crippen LogP contribution in [0.3, 0.4) is 0 Å². The number of imidazole rings is 1. The second kappa shape index (κ2) is 7.46. The number of aryl methyl sites for hydroxylation is 1. The van der Waals surface area contributed by atoms with Crippen molar-refractivity contribution in [3.8, 4) is 0 Å². The fourth-order valence-electron chi connectivity index (χ4n) is 3.49. The van der Waals surface area contributed by atoms with Crippen molar-refractivity contribution in [2.45, 2.75) is 32.9 Å². The van der Waals surface area contributed by atoms with Gasteiger partial charge in [-0.2, -0.15) is 0 Å². The molecule has 1 amide bonds. The number of hydrogen-bond donors (Lipinski definition) is 2. The van der Waals surface area contributed by atoms with Crippen LogP contribution in [0.4, 0.5) is 4.39 Å². The third-order valence-electron chi connectivity index (χ3n) is 5.00. The van der Waals surface area contributed by atoms with Crippen LogP contribution in [0.5, 0.6) is 0 Å². The highest BCUT2D eigenvalue weighted by atomic mass is 19.1. The second-order valence-corrected chi connectivity index (χ2v) is 7.39. The van der Waals surface area contributed by atoms with Crippen molar-refractivity contribution in [3.05, 3.63) is 66.4 Å². The van der Waals surface area contributed by atoms with Crippen molar-refractivity contribution in [3.63, 3.8) is 0 Å². The minimum absolute atomic E-state index is 0.0580. The number of amides is 1. The number of carbonyl (C=O) groups excluding carboxylic acids is 1. The van der Waals surface area contributed by atoms with Gasteiger partial charge in [-0.05, 0) is 47.7 Å². The Morgan fingerprint density at radius 1 is 1.21 bits per heavy atom. The summed E-state index contributed by atoms with van der Waals surface area (Å²) >= 11 is 0. The summed E-state index contributed by atoms with van der Waals surface area (Å²) in [5.74, 6) is 0.614. The molecule has 4 aromatic rings. The molecule has 28 heavy (non-hydrogen) atoms. The summed E-state index contributed by atoms with van der Waals surface area (Å²) < 4.78 is 15.4. The number of rotatable bonds is 6. The average molecular weight is 378 g/mol. The lowest BCUT2D eigenvalue weighted by Gasteiger charge is -2.20. The molecule has 0 saturated heterocycles. The Hall–Kier alpha value is -3.15. The summed E-state index contributed by atoms with van der Waals surface area (Å²) in [5.41, 5.74) is 2.64. The maximum atomic E-state index is 13.5. The summed E-state index contributed by atoms with van der Waals surface area (Å²) in [6, 6.07) is 14.2. The molecule has 0 saturated carbocycles. The first-order chi connectivity index (χ1) is 13.5. The number of aromatic amines is 1. The van der Waals surface area contributed by atoms with Crippen molar-refractivity contribution < 1.29 is 9.18 Å². The van der Waals surface area contributed by atoms with Gasteiger partial charge < -0.3 is 14.9 Å². The molecular formula is C22H23FN4O. The zero-order chi connectivity index (χ0) is 19.7. The number of nitrogens with one attached hydrogen (secondary N) is 2. The topological polar surface area (TPSA) is 62.7 Å². The van der Waals surface area contributed by atoms with Crippen LogP contribution >= 0.6 is 0 Å². The molecule has 2 heterocycles. The molecule has 5 nitrogen and oxygen atoms in total. The lowest BCUT2D eigenvalue weighted by molar-refractivity contribution is -0.122. The fourth-order valence-corrected chi connectivity index (χ4v) is 3.49. The van der Waals surface area contributed by atoms with E-state index in [0.29, 0.717) is 13.0 Å². The standard InChI is InChI=1S/C22H23FN4O/c1-14(2)21(22-24-17-5-3-4-6-18(17)25-22)26-20(28)10-12-27-11-9-15-7-8-16(23)13-19(15)27/h3-9,11,13-14,21H,10,12H2,1-2H3,(H,24,25)(H,26,28)/t21-/m0/s1. The molecule has 0 spiro atoms.